The second-order valence-corrected chi connectivity index (χ2v) is 12.8. The van der Waals surface area contributed by atoms with Crippen LogP contribution >= 0.6 is 57.6 Å². The second-order valence-electron chi connectivity index (χ2n) is 8.58. The number of thiazole rings is 1. The topological polar surface area (TPSA) is 96.3 Å². The van der Waals surface area contributed by atoms with E-state index < -0.39 is 23.5 Å². The molecule has 1 N–H and O–H groups in total. The van der Waals surface area contributed by atoms with E-state index in [9.17, 15) is 14.7 Å². The molecule has 0 spiro atoms. The highest BCUT2D eigenvalue weighted by atomic mass is 35.5. The Bertz CT molecular complexity index is 1580. The van der Waals surface area contributed by atoms with Gasteiger partial charge >= 0.3 is 0 Å². The van der Waals surface area contributed by atoms with Crippen molar-refractivity contribution in [1.82, 2.24) is 15.2 Å². The summed E-state index contributed by atoms with van der Waals surface area (Å²) in [6.45, 7) is 5.53. The molecule has 12 heteroatoms. The third-order valence-corrected chi connectivity index (χ3v) is 9.78. The summed E-state index contributed by atoms with van der Waals surface area (Å²) in [4.78, 5) is 33.1. The predicted molar refractivity (Wildman–Crippen MR) is 153 cm³/mol. The van der Waals surface area contributed by atoms with Crippen LogP contribution in [-0.2, 0) is 10.5 Å². The SMILES string of the molecule is Cc1ccc(CSc2nnc(N3C(=O)C(O)=C(C(=O)c4sc(C)nc4C)C3c3c(Cl)cccc3Cl)s2)cc1. The molecular weight excluding hydrogens is 583 g/mol. The van der Waals surface area contributed by atoms with Crippen LogP contribution in [0.2, 0.25) is 10.0 Å². The number of halogens is 2. The minimum absolute atomic E-state index is 0.124. The van der Waals surface area contributed by atoms with Crippen LogP contribution in [0.4, 0.5) is 5.13 Å². The van der Waals surface area contributed by atoms with Crippen molar-refractivity contribution in [3.05, 3.63) is 96.1 Å². The van der Waals surface area contributed by atoms with E-state index in [-0.39, 0.29) is 20.7 Å². The van der Waals surface area contributed by atoms with Gasteiger partial charge in [0.05, 0.1) is 21.2 Å². The van der Waals surface area contributed by atoms with Crippen molar-refractivity contribution in [1.29, 1.82) is 0 Å². The fourth-order valence-electron chi connectivity index (χ4n) is 4.13. The molecule has 194 valence electrons. The Morgan fingerprint density at radius 1 is 1.05 bits per heavy atom. The quantitative estimate of drug-likeness (QED) is 0.135. The number of thioether (sulfide) groups is 1. The number of aryl methyl sites for hydroxylation is 3. The number of ketones is 1. The lowest BCUT2D eigenvalue weighted by atomic mass is 9.95. The first-order valence-electron chi connectivity index (χ1n) is 11.4. The highest BCUT2D eigenvalue weighted by molar-refractivity contribution is 8.00. The van der Waals surface area contributed by atoms with E-state index in [4.69, 9.17) is 23.2 Å². The molecule has 1 aliphatic heterocycles. The molecule has 0 bridgehead atoms. The van der Waals surface area contributed by atoms with E-state index in [0.717, 1.165) is 5.56 Å². The van der Waals surface area contributed by atoms with Crippen molar-refractivity contribution < 1.29 is 14.7 Å². The average molecular weight is 604 g/mol. The molecular formula is C26H20Cl2N4O3S3. The van der Waals surface area contributed by atoms with Gasteiger partial charge in [0.1, 0.15) is 6.04 Å². The van der Waals surface area contributed by atoms with Gasteiger partial charge in [-0.1, -0.05) is 82.2 Å². The Balaban J connectivity index is 1.54. The Morgan fingerprint density at radius 3 is 2.37 bits per heavy atom. The van der Waals surface area contributed by atoms with Crippen molar-refractivity contribution in [2.75, 3.05) is 4.90 Å². The fraction of sp³-hybridized carbons (Fsp3) is 0.192. The first-order chi connectivity index (χ1) is 18.2. The molecule has 1 unspecified atom stereocenters. The van der Waals surface area contributed by atoms with Crippen LogP contribution in [0, 0.1) is 20.8 Å². The van der Waals surface area contributed by atoms with Gasteiger partial charge in [-0.25, -0.2) is 4.98 Å². The van der Waals surface area contributed by atoms with Gasteiger partial charge in [-0.15, -0.1) is 21.5 Å². The molecule has 0 radical (unpaired) electrons. The maximum atomic E-state index is 13.8. The van der Waals surface area contributed by atoms with Gasteiger partial charge < -0.3 is 5.11 Å². The molecule has 3 heterocycles. The standard InChI is InChI=1S/C26H20Cl2N4O3S3/c1-12-7-9-15(10-8-12)11-36-26-31-30-25(38-26)32-20(18-16(27)5-4-6-17(18)28)19(22(34)24(32)35)21(33)23-13(2)29-14(3)37-23/h4-10,20,34H,11H2,1-3H3. The molecule has 0 saturated heterocycles. The number of amides is 1. The first-order valence-corrected chi connectivity index (χ1v) is 14.7. The van der Waals surface area contributed by atoms with E-state index in [1.54, 1.807) is 32.0 Å². The number of anilines is 1. The number of carbonyl (C=O) groups is 2. The lowest BCUT2D eigenvalue weighted by Gasteiger charge is -2.25. The molecule has 0 aliphatic carbocycles. The van der Waals surface area contributed by atoms with E-state index in [2.05, 4.69) is 15.2 Å². The Hall–Kier alpha value is -2.76. The largest absolute Gasteiger partial charge is 0.503 e. The summed E-state index contributed by atoms with van der Waals surface area (Å²) in [6, 6.07) is 12.0. The van der Waals surface area contributed by atoms with Gasteiger partial charge in [-0.3, -0.25) is 14.5 Å². The number of nitrogens with zero attached hydrogens (tertiary/aromatic N) is 4. The summed E-state index contributed by atoms with van der Waals surface area (Å²) in [7, 11) is 0. The summed E-state index contributed by atoms with van der Waals surface area (Å²) >= 11 is 17.0. The minimum Gasteiger partial charge on any atom is -0.503 e. The van der Waals surface area contributed by atoms with Crippen LogP contribution in [0.25, 0.3) is 0 Å². The zero-order valence-corrected chi connectivity index (χ0v) is 24.3. The number of rotatable bonds is 7. The van der Waals surface area contributed by atoms with Crippen LogP contribution in [-0.4, -0.2) is 32.0 Å². The normalized spacial score (nSPS) is 15.6. The van der Waals surface area contributed by atoms with Crippen molar-refractivity contribution in [3.63, 3.8) is 0 Å². The first kappa shape index (κ1) is 26.8. The molecule has 5 rings (SSSR count). The van der Waals surface area contributed by atoms with Crippen LogP contribution in [0.3, 0.4) is 0 Å². The third-order valence-electron chi connectivity index (χ3n) is 5.92. The van der Waals surface area contributed by atoms with E-state index >= 15 is 0 Å². The maximum Gasteiger partial charge on any atom is 0.296 e. The Labute approximate surface area is 241 Å². The molecule has 0 saturated carbocycles. The number of aromatic nitrogens is 3. The molecule has 0 fully saturated rings. The van der Waals surface area contributed by atoms with Gasteiger partial charge in [0, 0.05) is 21.4 Å². The van der Waals surface area contributed by atoms with Crippen molar-refractivity contribution >= 4 is 74.5 Å². The van der Waals surface area contributed by atoms with Gasteiger partial charge in [0.25, 0.3) is 5.91 Å². The van der Waals surface area contributed by atoms with Gasteiger partial charge in [-0.05, 0) is 38.5 Å². The molecule has 2 aromatic carbocycles. The molecule has 38 heavy (non-hydrogen) atoms. The number of benzene rings is 2. The maximum absolute atomic E-state index is 13.8. The van der Waals surface area contributed by atoms with Crippen LogP contribution in [0.5, 0.6) is 0 Å². The summed E-state index contributed by atoms with van der Waals surface area (Å²) in [5.74, 6) is -1.30. The number of aliphatic hydroxyl groups excluding tert-OH is 1. The Kier molecular flexibility index (Phi) is 7.61. The number of hydrogen-bond donors (Lipinski definition) is 1. The molecule has 2 aromatic heterocycles. The average Bonchev–Trinajstić information content (AvgIpc) is 3.54. The minimum atomic E-state index is -1.10. The summed E-state index contributed by atoms with van der Waals surface area (Å²) in [6.07, 6.45) is 0. The fourth-order valence-corrected chi connectivity index (χ4v) is 7.43. The van der Waals surface area contributed by atoms with Crippen molar-refractivity contribution in [2.24, 2.45) is 0 Å². The zero-order chi connectivity index (χ0) is 27.1. The highest BCUT2D eigenvalue weighted by Crippen LogP contribution is 2.48. The number of aliphatic hydroxyl groups is 1. The van der Waals surface area contributed by atoms with Crippen molar-refractivity contribution in [3.8, 4) is 0 Å². The molecule has 7 nitrogen and oxygen atoms in total. The second kappa shape index (κ2) is 10.8. The van der Waals surface area contributed by atoms with Crippen molar-refractivity contribution in [2.45, 2.75) is 36.9 Å². The van der Waals surface area contributed by atoms with Gasteiger partial charge in [0.15, 0.2) is 10.1 Å². The number of carbonyl (C=O) groups excluding carboxylic acids is 2. The monoisotopic (exact) mass is 602 g/mol. The predicted octanol–water partition coefficient (Wildman–Crippen LogP) is 7.30. The van der Waals surface area contributed by atoms with Crippen LogP contribution in [0.15, 0.2) is 58.1 Å². The van der Waals surface area contributed by atoms with Crippen LogP contribution in [0.1, 0.15) is 43.1 Å². The molecule has 1 amide bonds. The lowest BCUT2D eigenvalue weighted by Crippen LogP contribution is -2.31. The Morgan fingerprint density at radius 2 is 1.74 bits per heavy atom. The van der Waals surface area contributed by atoms with E-state index in [1.807, 2.05) is 31.2 Å². The zero-order valence-electron chi connectivity index (χ0n) is 20.4. The van der Waals surface area contributed by atoms with Gasteiger partial charge in [-0.2, -0.15) is 0 Å². The lowest BCUT2D eigenvalue weighted by molar-refractivity contribution is -0.117. The summed E-state index contributed by atoms with van der Waals surface area (Å²) < 4.78 is 0.630. The molecule has 1 aliphatic rings. The summed E-state index contributed by atoms with van der Waals surface area (Å²) in [5.41, 5.74) is 3.01. The van der Waals surface area contributed by atoms with Crippen LogP contribution < -0.4 is 4.90 Å². The van der Waals surface area contributed by atoms with Gasteiger partial charge in [0.2, 0.25) is 10.9 Å². The number of Topliss-reactive ketones (excluding diaryl/α,β-unsaturated/α-hetero) is 1. The summed E-state index contributed by atoms with van der Waals surface area (Å²) in [5, 5.41) is 20.9. The number of hydrogen-bond acceptors (Lipinski definition) is 9. The molecule has 1 atom stereocenters. The van der Waals surface area contributed by atoms with E-state index in [1.165, 1.54) is 44.9 Å². The highest BCUT2D eigenvalue weighted by Gasteiger charge is 2.48. The third kappa shape index (κ3) is 4.99. The smallest absolute Gasteiger partial charge is 0.296 e. The van der Waals surface area contributed by atoms with E-state index in [0.29, 0.717) is 31.2 Å². The molecule has 4 aromatic rings.